The molecule has 0 fully saturated rings. The van der Waals surface area contributed by atoms with Gasteiger partial charge in [-0.25, -0.2) is 9.18 Å². The van der Waals surface area contributed by atoms with E-state index in [9.17, 15) is 14.0 Å². The summed E-state index contributed by atoms with van der Waals surface area (Å²) in [6.45, 7) is 0. The minimum absolute atomic E-state index is 0.344. The number of anilines is 2. The van der Waals surface area contributed by atoms with E-state index in [1.807, 2.05) is 0 Å². The van der Waals surface area contributed by atoms with Gasteiger partial charge in [-0.2, -0.15) is 0 Å². The molecule has 0 aliphatic rings. The van der Waals surface area contributed by atoms with Crippen molar-refractivity contribution in [2.24, 2.45) is 5.73 Å². The molecule has 2 aromatic rings. The fourth-order valence-corrected chi connectivity index (χ4v) is 1.58. The van der Waals surface area contributed by atoms with Gasteiger partial charge in [-0.3, -0.25) is 4.79 Å². The topological polar surface area (TPSA) is 84.2 Å². The Hall–Kier alpha value is -2.89. The predicted octanol–water partition coefficient (Wildman–Crippen LogP) is 2.57. The zero-order valence-corrected chi connectivity index (χ0v) is 10.4. The van der Waals surface area contributed by atoms with Crippen molar-refractivity contribution in [3.63, 3.8) is 0 Å². The van der Waals surface area contributed by atoms with E-state index in [0.717, 1.165) is 0 Å². The molecule has 6 heteroatoms. The molecule has 0 heterocycles. The van der Waals surface area contributed by atoms with E-state index in [0.29, 0.717) is 16.9 Å². The molecule has 0 aliphatic carbocycles. The van der Waals surface area contributed by atoms with Crippen LogP contribution in [-0.2, 0) is 0 Å². The van der Waals surface area contributed by atoms with Crippen LogP contribution in [0.4, 0.5) is 20.6 Å². The fourth-order valence-electron chi connectivity index (χ4n) is 1.58. The van der Waals surface area contributed by atoms with Crippen molar-refractivity contribution in [3.8, 4) is 0 Å². The highest BCUT2D eigenvalue weighted by Gasteiger charge is 2.04. The number of primary amides is 1. The smallest absolute Gasteiger partial charge is 0.323 e. The third-order valence-corrected chi connectivity index (χ3v) is 2.51. The van der Waals surface area contributed by atoms with E-state index in [2.05, 4.69) is 10.6 Å². The van der Waals surface area contributed by atoms with Crippen LogP contribution in [0.25, 0.3) is 0 Å². The quantitative estimate of drug-likeness (QED) is 0.803. The molecule has 0 bridgehead atoms. The van der Waals surface area contributed by atoms with Gasteiger partial charge >= 0.3 is 6.03 Å². The lowest BCUT2D eigenvalue weighted by Gasteiger charge is -2.08. The fraction of sp³-hybridized carbons (Fsp3) is 0. The Labute approximate surface area is 114 Å². The largest absolute Gasteiger partial charge is 0.366 e. The summed E-state index contributed by atoms with van der Waals surface area (Å²) in [5, 5.41) is 5.04. The first-order valence-corrected chi connectivity index (χ1v) is 5.78. The van der Waals surface area contributed by atoms with Crippen LogP contribution in [0, 0.1) is 5.82 Å². The van der Waals surface area contributed by atoms with Crippen LogP contribution in [0.15, 0.2) is 48.5 Å². The van der Waals surface area contributed by atoms with E-state index in [1.54, 1.807) is 18.2 Å². The number of rotatable bonds is 3. The number of carbonyl (C=O) groups is 2. The molecule has 0 radical (unpaired) electrons. The number of urea groups is 1. The molecule has 0 saturated carbocycles. The van der Waals surface area contributed by atoms with Crippen molar-refractivity contribution in [2.75, 3.05) is 10.6 Å². The molecule has 0 saturated heterocycles. The van der Waals surface area contributed by atoms with Gasteiger partial charge in [0, 0.05) is 16.9 Å². The molecule has 0 unspecified atom stereocenters. The highest BCUT2D eigenvalue weighted by molar-refractivity contribution is 6.00. The van der Waals surface area contributed by atoms with Crippen LogP contribution in [0.5, 0.6) is 0 Å². The van der Waals surface area contributed by atoms with Gasteiger partial charge in [-0.1, -0.05) is 6.07 Å². The lowest BCUT2D eigenvalue weighted by molar-refractivity contribution is 0.100. The van der Waals surface area contributed by atoms with Crippen molar-refractivity contribution in [3.05, 3.63) is 59.9 Å². The van der Waals surface area contributed by atoms with Gasteiger partial charge in [0.1, 0.15) is 5.82 Å². The number of nitrogens with two attached hydrogens (primary N) is 1. The Bertz CT molecular complexity index is 641. The number of carbonyl (C=O) groups excluding carboxylic acids is 2. The average molecular weight is 273 g/mol. The minimum atomic E-state index is -0.541. The molecule has 0 spiro atoms. The molecule has 102 valence electrons. The molecule has 20 heavy (non-hydrogen) atoms. The zero-order valence-electron chi connectivity index (χ0n) is 10.4. The van der Waals surface area contributed by atoms with Crippen LogP contribution in [0.1, 0.15) is 10.4 Å². The molecule has 0 aliphatic heterocycles. The number of halogens is 1. The van der Waals surface area contributed by atoms with E-state index >= 15 is 0 Å². The SMILES string of the molecule is NC(=O)c1ccc(NC(=O)Nc2cccc(F)c2)cc1. The number of hydrogen-bond acceptors (Lipinski definition) is 2. The number of amides is 3. The zero-order chi connectivity index (χ0) is 14.5. The van der Waals surface area contributed by atoms with E-state index in [4.69, 9.17) is 5.73 Å². The van der Waals surface area contributed by atoms with E-state index < -0.39 is 17.8 Å². The molecule has 2 aromatic carbocycles. The van der Waals surface area contributed by atoms with Gasteiger partial charge in [0.25, 0.3) is 0 Å². The van der Waals surface area contributed by atoms with E-state index in [-0.39, 0.29) is 0 Å². The van der Waals surface area contributed by atoms with Crippen LogP contribution in [0.3, 0.4) is 0 Å². The Kier molecular flexibility index (Phi) is 3.95. The van der Waals surface area contributed by atoms with Crippen LogP contribution >= 0.6 is 0 Å². The summed E-state index contributed by atoms with van der Waals surface area (Å²) in [5.74, 6) is -0.977. The number of nitrogens with one attached hydrogen (secondary N) is 2. The number of benzene rings is 2. The molecule has 5 nitrogen and oxygen atoms in total. The molecular weight excluding hydrogens is 261 g/mol. The Balaban J connectivity index is 1.99. The monoisotopic (exact) mass is 273 g/mol. The Morgan fingerprint density at radius 3 is 2.20 bits per heavy atom. The normalized spacial score (nSPS) is 9.85. The van der Waals surface area contributed by atoms with Crippen molar-refractivity contribution < 1.29 is 14.0 Å². The summed E-state index contributed by atoms with van der Waals surface area (Å²) in [4.78, 5) is 22.6. The van der Waals surface area contributed by atoms with Gasteiger partial charge in [0.2, 0.25) is 5.91 Å². The first kappa shape index (κ1) is 13.5. The minimum Gasteiger partial charge on any atom is -0.366 e. The van der Waals surface area contributed by atoms with Crippen LogP contribution in [0.2, 0.25) is 0 Å². The maximum Gasteiger partial charge on any atom is 0.323 e. The predicted molar refractivity (Wildman–Crippen MR) is 74.0 cm³/mol. The van der Waals surface area contributed by atoms with Gasteiger partial charge in [-0.15, -0.1) is 0 Å². The first-order chi connectivity index (χ1) is 9.54. The van der Waals surface area contributed by atoms with Gasteiger partial charge in [0.05, 0.1) is 0 Å². The lowest BCUT2D eigenvalue weighted by Crippen LogP contribution is -2.19. The third-order valence-electron chi connectivity index (χ3n) is 2.51. The second-order valence-electron chi connectivity index (χ2n) is 4.03. The van der Waals surface area contributed by atoms with Crippen molar-refractivity contribution in [1.82, 2.24) is 0 Å². The Morgan fingerprint density at radius 1 is 0.950 bits per heavy atom. The Morgan fingerprint density at radius 2 is 1.60 bits per heavy atom. The summed E-state index contributed by atoms with van der Waals surface area (Å²) in [6.07, 6.45) is 0. The summed E-state index contributed by atoms with van der Waals surface area (Å²) in [5.41, 5.74) is 6.29. The van der Waals surface area contributed by atoms with Gasteiger partial charge in [-0.05, 0) is 42.5 Å². The molecule has 0 atom stereocenters. The van der Waals surface area contributed by atoms with Gasteiger partial charge < -0.3 is 16.4 Å². The molecule has 2 rings (SSSR count). The molecule has 4 N–H and O–H groups in total. The third kappa shape index (κ3) is 3.55. The standard InChI is InChI=1S/C14H12FN3O2/c15-10-2-1-3-12(8-10)18-14(20)17-11-6-4-9(5-7-11)13(16)19/h1-8H,(H2,16,19)(H2,17,18,20). The first-order valence-electron chi connectivity index (χ1n) is 5.78. The highest BCUT2D eigenvalue weighted by Crippen LogP contribution is 2.12. The highest BCUT2D eigenvalue weighted by atomic mass is 19.1. The number of hydrogen-bond donors (Lipinski definition) is 3. The lowest BCUT2D eigenvalue weighted by atomic mass is 10.2. The van der Waals surface area contributed by atoms with Crippen molar-refractivity contribution in [1.29, 1.82) is 0 Å². The molecular formula is C14H12FN3O2. The second kappa shape index (κ2) is 5.83. The van der Waals surface area contributed by atoms with E-state index in [1.165, 1.54) is 30.3 Å². The maximum atomic E-state index is 12.9. The second-order valence-corrected chi connectivity index (χ2v) is 4.03. The van der Waals surface area contributed by atoms with Gasteiger partial charge in [0.15, 0.2) is 0 Å². The van der Waals surface area contributed by atoms with Crippen LogP contribution < -0.4 is 16.4 Å². The molecule has 0 aromatic heterocycles. The molecule has 3 amide bonds. The summed E-state index contributed by atoms with van der Waals surface area (Å²) in [6, 6.07) is 11.1. The van der Waals surface area contributed by atoms with Crippen molar-refractivity contribution >= 4 is 23.3 Å². The summed E-state index contributed by atoms with van der Waals surface area (Å²) in [7, 11) is 0. The summed E-state index contributed by atoms with van der Waals surface area (Å²) >= 11 is 0. The average Bonchev–Trinajstić information content (AvgIpc) is 2.39. The van der Waals surface area contributed by atoms with Crippen molar-refractivity contribution in [2.45, 2.75) is 0 Å². The summed E-state index contributed by atoms with van der Waals surface area (Å²) < 4.78 is 12.9. The van der Waals surface area contributed by atoms with Crippen LogP contribution in [-0.4, -0.2) is 11.9 Å². The maximum absolute atomic E-state index is 12.9.